The van der Waals surface area contributed by atoms with Gasteiger partial charge in [0.15, 0.2) is 0 Å². The monoisotopic (exact) mass is 440 g/mol. The van der Waals surface area contributed by atoms with Gasteiger partial charge in [0.1, 0.15) is 17.5 Å². The summed E-state index contributed by atoms with van der Waals surface area (Å²) in [6.07, 6.45) is -4.73. The van der Waals surface area contributed by atoms with Crippen LogP contribution in [-0.2, 0) is 9.53 Å². The standard InChI is InChI=1S/C22H24F4N2O3/c1-5-7-16-19(21(29)31-11-6-10-22(24,25)26)18(20(27-3)13(2)28-16)15-9-8-14(23)12-17(15)30-4/h8-9,12,18,20H,5-7,10-11H2,1-2,4H3. The number of aliphatic imine (C=N–C) groups is 1. The van der Waals surface area contributed by atoms with Gasteiger partial charge in [-0.2, -0.15) is 13.2 Å². The van der Waals surface area contributed by atoms with Crippen molar-refractivity contribution in [3.8, 4) is 5.75 Å². The minimum Gasteiger partial charge on any atom is -0.496 e. The largest absolute Gasteiger partial charge is 0.496 e. The Morgan fingerprint density at radius 2 is 2.03 bits per heavy atom. The molecular formula is C22H24F4N2O3. The molecule has 0 saturated carbocycles. The summed E-state index contributed by atoms with van der Waals surface area (Å²) in [5.74, 6) is -2.06. The maximum absolute atomic E-state index is 13.8. The molecule has 31 heavy (non-hydrogen) atoms. The predicted molar refractivity (Wildman–Crippen MR) is 107 cm³/mol. The average Bonchev–Trinajstić information content (AvgIpc) is 2.70. The van der Waals surface area contributed by atoms with E-state index in [1.165, 1.54) is 19.2 Å². The number of carbonyl (C=O) groups is 1. The smallest absolute Gasteiger partial charge is 0.389 e. The molecule has 1 aliphatic rings. The Balaban J connectivity index is 2.49. The molecular weight excluding hydrogens is 416 g/mol. The summed E-state index contributed by atoms with van der Waals surface area (Å²) in [6, 6.07) is 2.93. The minimum absolute atomic E-state index is 0.102. The molecule has 0 amide bonds. The highest BCUT2D eigenvalue weighted by Gasteiger charge is 2.44. The average molecular weight is 440 g/mol. The van der Waals surface area contributed by atoms with Gasteiger partial charge in [0.25, 0.3) is 6.04 Å². The summed E-state index contributed by atoms with van der Waals surface area (Å²) in [6.45, 7) is 10.8. The molecule has 9 heteroatoms. The molecule has 1 aromatic rings. The number of ether oxygens (including phenoxy) is 2. The SMILES string of the molecule is [C-]#[N+]C1C(C)=NC(CCC)=C(C(=O)OCCCC(F)(F)F)C1c1ccc(F)cc1OC. The number of allylic oxidation sites excluding steroid dienone is 1. The Hall–Kier alpha value is -2.89. The van der Waals surface area contributed by atoms with Crippen LogP contribution in [0.15, 0.2) is 34.5 Å². The Labute approximate surface area is 178 Å². The van der Waals surface area contributed by atoms with Gasteiger partial charge in [0.05, 0.1) is 30.7 Å². The number of carbonyl (C=O) groups excluding carboxylic acids is 1. The highest BCUT2D eigenvalue weighted by Crippen LogP contribution is 2.42. The molecule has 0 aromatic heterocycles. The lowest BCUT2D eigenvalue weighted by molar-refractivity contribution is -0.147. The molecule has 0 spiro atoms. The van der Waals surface area contributed by atoms with Gasteiger partial charge in [-0.25, -0.2) is 15.8 Å². The number of esters is 1. The predicted octanol–water partition coefficient (Wildman–Crippen LogP) is 5.62. The van der Waals surface area contributed by atoms with Gasteiger partial charge in [0.2, 0.25) is 0 Å². The lowest BCUT2D eigenvalue weighted by atomic mass is 9.79. The van der Waals surface area contributed by atoms with Gasteiger partial charge in [-0.15, -0.1) is 0 Å². The van der Waals surface area contributed by atoms with E-state index in [9.17, 15) is 22.4 Å². The van der Waals surface area contributed by atoms with E-state index in [0.717, 1.165) is 6.07 Å². The summed E-state index contributed by atoms with van der Waals surface area (Å²) < 4.78 is 61.4. The first-order chi connectivity index (χ1) is 14.6. The third-order valence-corrected chi connectivity index (χ3v) is 4.89. The second-order valence-corrected chi connectivity index (χ2v) is 7.16. The zero-order valence-corrected chi connectivity index (χ0v) is 17.6. The third-order valence-electron chi connectivity index (χ3n) is 4.89. The first-order valence-electron chi connectivity index (χ1n) is 9.85. The van der Waals surface area contributed by atoms with Gasteiger partial charge < -0.3 is 14.3 Å². The first-order valence-corrected chi connectivity index (χ1v) is 9.85. The molecule has 2 rings (SSSR count). The van der Waals surface area contributed by atoms with Crippen molar-refractivity contribution in [3.05, 3.63) is 52.3 Å². The quantitative estimate of drug-likeness (QED) is 0.228. The maximum Gasteiger partial charge on any atom is 0.389 e. The second kappa shape index (κ2) is 10.4. The van der Waals surface area contributed by atoms with Crippen molar-refractivity contribution < 1.29 is 31.8 Å². The number of hydrogen-bond donors (Lipinski definition) is 0. The van der Waals surface area contributed by atoms with Crippen LogP contribution >= 0.6 is 0 Å². The van der Waals surface area contributed by atoms with Crippen molar-refractivity contribution in [1.29, 1.82) is 0 Å². The highest BCUT2D eigenvalue weighted by atomic mass is 19.4. The summed E-state index contributed by atoms with van der Waals surface area (Å²) in [4.78, 5) is 21.0. The van der Waals surface area contributed by atoms with E-state index in [2.05, 4.69) is 9.84 Å². The fourth-order valence-electron chi connectivity index (χ4n) is 3.54. The van der Waals surface area contributed by atoms with Crippen LogP contribution in [0.1, 0.15) is 51.0 Å². The second-order valence-electron chi connectivity index (χ2n) is 7.16. The normalized spacial score (nSPS) is 19.0. The third kappa shape index (κ3) is 6.06. The fraction of sp³-hybridized carbons (Fsp3) is 0.500. The molecule has 2 atom stereocenters. The van der Waals surface area contributed by atoms with Crippen molar-refractivity contribution >= 4 is 11.7 Å². The Bertz CT molecular complexity index is 916. The summed E-state index contributed by atoms with van der Waals surface area (Å²) in [5, 5.41) is 0. The lowest BCUT2D eigenvalue weighted by Gasteiger charge is -2.28. The topological polar surface area (TPSA) is 52.2 Å². The van der Waals surface area contributed by atoms with E-state index in [1.807, 2.05) is 6.92 Å². The molecule has 0 saturated heterocycles. The Kier molecular flexibility index (Phi) is 8.20. The number of nitrogens with zero attached hydrogens (tertiary/aromatic N) is 2. The number of hydrogen-bond acceptors (Lipinski definition) is 4. The molecule has 1 aromatic carbocycles. The summed E-state index contributed by atoms with van der Waals surface area (Å²) >= 11 is 0. The Morgan fingerprint density at radius 1 is 1.32 bits per heavy atom. The van der Waals surface area contributed by atoms with Crippen molar-refractivity contribution in [3.63, 3.8) is 0 Å². The zero-order chi connectivity index (χ0) is 23.2. The number of alkyl halides is 3. The molecule has 1 aliphatic heterocycles. The summed E-state index contributed by atoms with van der Waals surface area (Å²) in [5.41, 5.74) is 1.42. The minimum atomic E-state index is -4.34. The van der Waals surface area contributed by atoms with E-state index in [4.69, 9.17) is 16.0 Å². The van der Waals surface area contributed by atoms with E-state index in [1.54, 1.807) is 6.92 Å². The van der Waals surface area contributed by atoms with Crippen LogP contribution in [0.5, 0.6) is 5.75 Å². The van der Waals surface area contributed by atoms with Gasteiger partial charge >= 0.3 is 12.1 Å². The van der Waals surface area contributed by atoms with E-state index in [0.29, 0.717) is 29.8 Å². The van der Waals surface area contributed by atoms with Crippen LogP contribution < -0.4 is 4.74 Å². The molecule has 1 heterocycles. The van der Waals surface area contributed by atoms with Crippen molar-refractivity contribution in [2.45, 2.75) is 57.7 Å². The molecule has 0 fully saturated rings. The molecule has 2 unspecified atom stereocenters. The van der Waals surface area contributed by atoms with Crippen molar-refractivity contribution in [1.82, 2.24) is 0 Å². The molecule has 0 aliphatic carbocycles. The lowest BCUT2D eigenvalue weighted by Crippen LogP contribution is -2.33. The van der Waals surface area contributed by atoms with Crippen LogP contribution in [0.3, 0.4) is 0 Å². The molecule has 0 bridgehead atoms. The van der Waals surface area contributed by atoms with Gasteiger partial charge in [0, 0.05) is 18.1 Å². The maximum atomic E-state index is 13.8. The number of methoxy groups -OCH3 is 1. The molecule has 168 valence electrons. The van der Waals surface area contributed by atoms with E-state index < -0.39 is 43.0 Å². The number of benzene rings is 1. The van der Waals surface area contributed by atoms with Crippen LogP contribution in [-0.4, -0.2) is 37.6 Å². The zero-order valence-electron chi connectivity index (χ0n) is 17.6. The molecule has 0 radical (unpaired) electrons. The van der Waals surface area contributed by atoms with E-state index in [-0.39, 0.29) is 17.7 Å². The van der Waals surface area contributed by atoms with Crippen LogP contribution in [0.2, 0.25) is 0 Å². The van der Waals surface area contributed by atoms with Crippen molar-refractivity contribution in [2.75, 3.05) is 13.7 Å². The van der Waals surface area contributed by atoms with Gasteiger partial charge in [-0.05, 0) is 25.8 Å². The van der Waals surface area contributed by atoms with Crippen molar-refractivity contribution in [2.24, 2.45) is 4.99 Å². The van der Waals surface area contributed by atoms with Gasteiger partial charge in [-0.1, -0.05) is 19.4 Å². The fourth-order valence-corrected chi connectivity index (χ4v) is 3.54. The van der Waals surface area contributed by atoms with E-state index >= 15 is 0 Å². The molecule has 0 N–H and O–H groups in total. The molecule has 5 nitrogen and oxygen atoms in total. The first kappa shape index (κ1) is 24.4. The van der Waals surface area contributed by atoms with Crippen LogP contribution in [0.25, 0.3) is 4.85 Å². The summed E-state index contributed by atoms with van der Waals surface area (Å²) in [7, 11) is 1.35. The van der Waals surface area contributed by atoms with Crippen LogP contribution in [0.4, 0.5) is 17.6 Å². The Morgan fingerprint density at radius 3 is 2.61 bits per heavy atom. The number of halogens is 4. The van der Waals surface area contributed by atoms with Gasteiger partial charge in [-0.3, -0.25) is 4.99 Å². The number of rotatable bonds is 8. The highest BCUT2D eigenvalue weighted by molar-refractivity contribution is 6.00. The van der Waals surface area contributed by atoms with Crippen LogP contribution in [0, 0.1) is 12.4 Å².